The maximum absolute atomic E-state index is 13.0. The molecule has 4 amide bonds. The minimum atomic E-state index is -0.942. The van der Waals surface area contributed by atoms with E-state index in [2.05, 4.69) is 10.2 Å². The Morgan fingerprint density at radius 1 is 1.22 bits per heavy atom. The first-order chi connectivity index (χ1) is 13.0. The molecule has 8 nitrogen and oxygen atoms in total. The molecule has 1 aromatic rings. The van der Waals surface area contributed by atoms with E-state index < -0.39 is 23.8 Å². The van der Waals surface area contributed by atoms with Gasteiger partial charge >= 0.3 is 0 Å². The van der Waals surface area contributed by atoms with Gasteiger partial charge in [-0.05, 0) is 44.1 Å². The van der Waals surface area contributed by atoms with Gasteiger partial charge in [0.1, 0.15) is 6.04 Å². The molecule has 1 fully saturated rings. The van der Waals surface area contributed by atoms with Crippen LogP contribution in [0.3, 0.4) is 0 Å². The highest BCUT2D eigenvalue weighted by atomic mass is 16.2. The molecule has 2 aliphatic rings. The number of imide groups is 2. The normalized spacial score (nSPS) is 19.7. The molecule has 1 unspecified atom stereocenters. The quantitative estimate of drug-likeness (QED) is 0.664. The lowest BCUT2D eigenvalue weighted by Gasteiger charge is -2.28. The zero-order chi connectivity index (χ0) is 19.6. The van der Waals surface area contributed by atoms with Gasteiger partial charge in [-0.3, -0.25) is 34.3 Å². The number of amides is 4. The molecule has 0 aliphatic carbocycles. The molecular weight excluding hydrogens is 348 g/mol. The predicted molar refractivity (Wildman–Crippen MR) is 97.7 cm³/mol. The monoisotopic (exact) mass is 372 g/mol. The van der Waals surface area contributed by atoms with Crippen molar-refractivity contribution in [3.05, 3.63) is 34.9 Å². The third-order valence-corrected chi connectivity index (χ3v) is 5.07. The van der Waals surface area contributed by atoms with Crippen molar-refractivity contribution in [1.29, 1.82) is 0 Å². The number of nitrogens with one attached hydrogen (secondary N) is 1. The fraction of sp³-hybridized carbons (Fsp3) is 0.474. The highest BCUT2D eigenvalue weighted by Gasteiger charge is 2.45. The third kappa shape index (κ3) is 3.63. The van der Waals surface area contributed by atoms with Gasteiger partial charge < -0.3 is 5.73 Å². The number of hydrogen-bond donors (Lipinski definition) is 2. The van der Waals surface area contributed by atoms with Crippen LogP contribution in [0.1, 0.15) is 52.5 Å². The summed E-state index contributed by atoms with van der Waals surface area (Å²) in [6, 6.07) is 4.26. The lowest BCUT2D eigenvalue weighted by molar-refractivity contribution is -0.136. The molecule has 0 spiro atoms. The van der Waals surface area contributed by atoms with Gasteiger partial charge in [-0.2, -0.15) is 0 Å². The number of hydrogen-bond acceptors (Lipinski definition) is 6. The largest absolute Gasteiger partial charge is 0.330 e. The molecule has 0 aromatic heterocycles. The van der Waals surface area contributed by atoms with Crippen LogP contribution < -0.4 is 11.1 Å². The summed E-state index contributed by atoms with van der Waals surface area (Å²) in [7, 11) is 0. The zero-order valence-electron chi connectivity index (χ0n) is 15.4. The summed E-state index contributed by atoms with van der Waals surface area (Å²) < 4.78 is 0. The smallest absolute Gasteiger partial charge is 0.262 e. The Kier molecular flexibility index (Phi) is 5.67. The molecule has 27 heavy (non-hydrogen) atoms. The number of benzene rings is 1. The van der Waals surface area contributed by atoms with E-state index in [1.54, 1.807) is 12.1 Å². The number of rotatable bonds is 7. The molecule has 144 valence electrons. The van der Waals surface area contributed by atoms with Crippen LogP contribution in [0.15, 0.2) is 18.2 Å². The van der Waals surface area contributed by atoms with Crippen LogP contribution in [0.4, 0.5) is 0 Å². The molecule has 2 aliphatic heterocycles. The minimum Gasteiger partial charge on any atom is -0.330 e. The van der Waals surface area contributed by atoms with Crippen LogP contribution in [0.2, 0.25) is 0 Å². The van der Waals surface area contributed by atoms with Crippen molar-refractivity contribution < 1.29 is 19.2 Å². The fourth-order valence-corrected chi connectivity index (χ4v) is 3.62. The second kappa shape index (κ2) is 7.98. The van der Waals surface area contributed by atoms with Crippen molar-refractivity contribution in [2.45, 2.75) is 38.8 Å². The van der Waals surface area contributed by atoms with E-state index in [0.29, 0.717) is 24.2 Å². The predicted octanol–water partition coefficient (Wildman–Crippen LogP) is 0.259. The molecule has 8 heteroatoms. The van der Waals surface area contributed by atoms with E-state index in [9.17, 15) is 19.2 Å². The first-order valence-corrected chi connectivity index (χ1v) is 9.23. The van der Waals surface area contributed by atoms with E-state index in [1.807, 2.05) is 13.0 Å². The van der Waals surface area contributed by atoms with Crippen LogP contribution in [0.5, 0.6) is 0 Å². The molecule has 0 radical (unpaired) electrons. The number of nitrogens with zero attached hydrogens (tertiary/aromatic N) is 2. The fourth-order valence-electron chi connectivity index (χ4n) is 3.62. The molecular formula is C19H24N4O4. The summed E-state index contributed by atoms with van der Waals surface area (Å²) in [4.78, 5) is 52.6. The second-order valence-corrected chi connectivity index (χ2v) is 6.80. The average Bonchev–Trinajstić information content (AvgIpc) is 2.90. The number of fused-ring (bicyclic) bond motifs is 1. The Labute approximate surface area is 157 Å². The van der Waals surface area contributed by atoms with Crippen molar-refractivity contribution in [1.82, 2.24) is 15.1 Å². The summed E-state index contributed by atoms with van der Waals surface area (Å²) in [5.74, 6) is -1.92. The Morgan fingerprint density at radius 3 is 2.67 bits per heavy atom. The van der Waals surface area contributed by atoms with Gasteiger partial charge in [-0.25, -0.2) is 0 Å². The minimum absolute atomic E-state index is 0.110. The molecule has 1 aromatic carbocycles. The van der Waals surface area contributed by atoms with E-state index in [1.165, 1.54) is 0 Å². The van der Waals surface area contributed by atoms with Gasteiger partial charge in [0.2, 0.25) is 11.8 Å². The lowest BCUT2D eigenvalue weighted by Crippen LogP contribution is -2.54. The first kappa shape index (κ1) is 19.2. The van der Waals surface area contributed by atoms with Gasteiger partial charge in [0.15, 0.2) is 0 Å². The SMILES string of the molecule is CCN(CCCN)Cc1cccc2c1C(=O)N(C1CCC(=O)NC1=O)C2=O. The van der Waals surface area contributed by atoms with Crippen molar-refractivity contribution >= 4 is 23.6 Å². The molecule has 3 N–H and O–H groups in total. The summed E-state index contributed by atoms with van der Waals surface area (Å²) >= 11 is 0. The summed E-state index contributed by atoms with van der Waals surface area (Å²) in [5.41, 5.74) is 7.02. The van der Waals surface area contributed by atoms with E-state index in [0.717, 1.165) is 30.0 Å². The average molecular weight is 372 g/mol. The van der Waals surface area contributed by atoms with Gasteiger partial charge in [0, 0.05) is 13.0 Å². The Morgan fingerprint density at radius 2 is 2.00 bits per heavy atom. The van der Waals surface area contributed by atoms with Crippen molar-refractivity contribution in [3.63, 3.8) is 0 Å². The highest BCUT2D eigenvalue weighted by Crippen LogP contribution is 2.30. The number of nitrogens with two attached hydrogens (primary N) is 1. The van der Waals surface area contributed by atoms with Crippen LogP contribution in [-0.2, 0) is 16.1 Å². The number of piperidine rings is 1. The third-order valence-electron chi connectivity index (χ3n) is 5.07. The molecule has 3 rings (SSSR count). The Balaban J connectivity index is 1.88. The lowest BCUT2D eigenvalue weighted by atomic mass is 10.0. The second-order valence-electron chi connectivity index (χ2n) is 6.80. The van der Waals surface area contributed by atoms with Gasteiger partial charge in [0.05, 0.1) is 11.1 Å². The summed E-state index contributed by atoms with van der Waals surface area (Å²) in [5, 5.41) is 2.21. The molecule has 1 saturated heterocycles. The van der Waals surface area contributed by atoms with Crippen LogP contribution in [0, 0.1) is 0 Å². The molecule has 0 bridgehead atoms. The maximum Gasteiger partial charge on any atom is 0.262 e. The number of carbonyl (C=O) groups excluding carboxylic acids is 4. The van der Waals surface area contributed by atoms with Gasteiger partial charge in [-0.1, -0.05) is 19.1 Å². The van der Waals surface area contributed by atoms with Crippen LogP contribution in [-0.4, -0.2) is 59.1 Å². The van der Waals surface area contributed by atoms with Crippen molar-refractivity contribution in [2.24, 2.45) is 5.73 Å². The van der Waals surface area contributed by atoms with E-state index >= 15 is 0 Å². The van der Waals surface area contributed by atoms with Gasteiger partial charge in [-0.15, -0.1) is 0 Å². The van der Waals surface area contributed by atoms with Crippen LogP contribution >= 0.6 is 0 Å². The zero-order valence-corrected chi connectivity index (χ0v) is 15.4. The number of carbonyl (C=O) groups is 4. The highest BCUT2D eigenvalue weighted by molar-refractivity contribution is 6.24. The van der Waals surface area contributed by atoms with Gasteiger partial charge in [0.25, 0.3) is 11.8 Å². The van der Waals surface area contributed by atoms with Crippen molar-refractivity contribution in [2.75, 3.05) is 19.6 Å². The van der Waals surface area contributed by atoms with Crippen LogP contribution in [0.25, 0.3) is 0 Å². The maximum atomic E-state index is 13.0. The molecule has 1 atom stereocenters. The Bertz CT molecular complexity index is 792. The Hall–Kier alpha value is -2.58. The summed E-state index contributed by atoms with van der Waals surface area (Å²) in [6.45, 7) is 4.74. The summed E-state index contributed by atoms with van der Waals surface area (Å²) in [6.07, 6.45) is 1.11. The molecule has 2 heterocycles. The first-order valence-electron chi connectivity index (χ1n) is 9.23. The molecule has 0 saturated carbocycles. The topological polar surface area (TPSA) is 113 Å². The van der Waals surface area contributed by atoms with E-state index in [4.69, 9.17) is 5.73 Å². The standard InChI is InChI=1S/C19H24N4O4/c1-2-22(10-4-9-20)11-12-5-3-6-13-16(12)19(27)23(18(13)26)14-7-8-15(24)21-17(14)25/h3,5-6,14H,2,4,7-11,20H2,1H3,(H,21,24,25). The van der Waals surface area contributed by atoms with E-state index in [-0.39, 0.29) is 18.7 Å². The van der Waals surface area contributed by atoms with Crippen molar-refractivity contribution in [3.8, 4) is 0 Å².